The van der Waals surface area contributed by atoms with Crippen LogP contribution >= 0.6 is 0 Å². The summed E-state index contributed by atoms with van der Waals surface area (Å²) in [5.41, 5.74) is 0. The van der Waals surface area contributed by atoms with Crippen molar-refractivity contribution in [3.63, 3.8) is 0 Å². The van der Waals surface area contributed by atoms with E-state index in [2.05, 4.69) is 29.6 Å². The Kier molecular flexibility index (Phi) is 6.37. The predicted molar refractivity (Wildman–Crippen MR) is 112 cm³/mol. The molecule has 3 heterocycles. The first-order valence-corrected chi connectivity index (χ1v) is 11.4. The molecule has 1 N–H and O–H groups in total. The molecule has 10 nitrogen and oxygen atoms in total. The molecule has 160 valence electrons. The molecule has 0 saturated carbocycles. The van der Waals surface area contributed by atoms with Gasteiger partial charge in [-0.25, -0.2) is 18.1 Å². The van der Waals surface area contributed by atoms with Gasteiger partial charge in [-0.3, -0.25) is 0 Å². The van der Waals surface area contributed by atoms with Crippen LogP contribution in [0.4, 0.5) is 11.9 Å². The monoisotopic (exact) mass is 422 g/mol. The van der Waals surface area contributed by atoms with Crippen LogP contribution in [0.2, 0.25) is 0 Å². The lowest BCUT2D eigenvalue weighted by Crippen LogP contribution is -2.33. The molecule has 0 radical (unpaired) electrons. The van der Waals surface area contributed by atoms with Crippen LogP contribution in [-0.4, -0.2) is 60.1 Å². The van der Waals surface area contributed by atoms with E-state index >= 15 is 0 Å². The second-order valence-corrected chi connectivity index (χ2v) is 9.54. The van der Waals surface area contributed by atoms with Gasteiger partial charge in [-0.05, 0) is 19.3 Å². The van der Waals surface area contributed by atoms with E-state index < -0.39 is 10.0 Å². The molecule has 29 heavy (non-hydrogen) atoms. The van der Waals surface area contributed by atoms with Crippen molar-refractivity contribution in [2.75, 3.05) is 37.0 Å². The number of anilines is 2. The van der Waals surface area contributed by atoms with E-state index in [-0.39, 0.29) is 17.5 Å². The standard InChI is InChI=1S/C18H30N8O2S/c1-13(2)16-22-15(12-25(16)5)29(27,28)19-11-14-20-17(24(3)4)23-18(21-14)26-9-7-6-8-10-26/h12-13,19H,6-11H2,1-5H3. The van der Waals surface area contributed by atoms with Crippen molar-refractivity contribution >= 4 is 21.9 Å². The van der Waals surface area contributed by atoms with Gasteiger partial charge in [-0.15, -0.1) is 0 Å². The van der Waals surface area contributed by atoms with E-state index in [0.29, 0.717) is 23.5 Å². The number of aryl methyl sites for hydroxylation is 1. The Bertz CT molecular complexity index is 949. The molecule has 2 aromatic heterocycles. The van der Waals surface area contributed by atoms with E-state index in [1.165, 1.54) is 12.6 Å². The fourth-order valence-corrected chi connectivity index (χ4v) is 4.24. The molecular weight excluding hydrogens is 392 g/mol. The largest absolute Gasteiger partial charge is 0.347 e. The zero-order valence-electron chi connectivity index (χ0n) is 17.8. The zero-order chi connectivity index (χ0) is 21.2. The van der Waals surface area contributed by atoms with Gasteiger partial charge in [0, 0.05) is 46.3 Å². The van der Waals surface area contributed by atoms with Crippen LogP contribution in [0.25, 0.3) is 0 Å². The van der Waals surface area contributed by atoms with Gasteiger partial charge in [0.15, 0.2) is 10.9 Å². The Balaban J connectivity index is 1.81. The van der Waals surface area contributed by atoms with Crippen molar-refractivity contribution in [1.82, 2.24) is 29.2 Å². The third-order valence-corrected chi connectivity index (χ3v) is 6.07. The predicted octanol–water partition coefficient (Wildman–Crippen LogP) is 1.26. The van der Waals surface area contributed by atoms with E-state index in [1.54, 1.807) is 16.5 Å². The number of sulfonamides is 1. The van der Waals surface area contributed by atoms with Crippen LogP contribution in [0.3, 0.4) is 0 Å². The molecule has 1 aliphatic heterocycles. The Labute approximate surface area is 172 Å². The SMILES string of the molecule is CC(C)c1nc(S(=O)(=O)NCc2nc(N(C)C)nc(N3CCCCC3)n2)cn1C. The van der Waals surface area contributed by atoms with Gasteiger partial charge in [0.1, 0.15) is 5.82 Å². The first-order valence-electron chi connectivity index (χ1n) is 9.87. The number of rotatable bonds is 7. The molecule has 0 unspecified atom stereocenters. The van der Waals surface area contributed by atoms with Gasteiger partial charge in [-0.2, -0.15) is 15.0 Å². The van der Waals surface area contributed by atoms with Gasteiger partial charge in [0.05, 0.1) is 6.54 Å². The third kappa shape index (κ3) is 5.02. The van der Waals surface area contributed by atoms with Gasteiger partial charge < -0.3 is 14.4 Å². The molecule has 0 aromatic carbocycles. The quantitative estimate of drug-likeness (QED) is 0.710. The second-order valence-electron chi connectivity index (χ2n) is 7.82. The summed E-state index contributed by atoms with van der Waals surface area (Å²) in [6.07, 6.45) is 4.93. The van der Waals surface area contributed by atoms with Crippen molar-refractivity contribution < 1.29 is 8.42 Å². The summed E-state index contributed by atoms with van der Waals surface area (Å²) in [5.74, 6) is 2.33. The minimum Gasteiger partial charge on any atom is -0.347 e. The molecule has 3 rings (SSSR count). The van der Waals surface area contributed by atoms with Crippen LogP contribution < -0.4 is 14.5 Å². The molecular formula is C18H30N8O2S. The van der Waals surface area contributed by atoms with E-state index in [9.17, 15) is 8.42 Å². The Morgan fingerprint density at radius 2 is 1.79 bits per heavy atom. The Morgan fingerprint density at radius 3 is 2.38 bits per heavy atom. The van der Waals surface area contributed by atoms with Crippen LogP contribution in [-0.2, 0) is 23.6 Å². The second kappa shape index (κ2) is 8.62. The number of aromatic nitrogens is 5. The molecule has 0 amide bonds. The van der Waals surface area contributed by atoms with Gasteiger partial charge >= 0.3 is 0 Å². The summed E-state index contributed by atoms with van der Waals surface area (Å²) in [6.45, 7) is 5.71. The van der Waals surface area contributed by atoms with Crippen LogP contribution in [0.15, 0.2) is 11.2 Å². The maximum atomic E-state index is 12.7. The van der Waals surface area contributed by atoms with Crippen molar-refractivity contribution in [2.45, 2.75) is 50.6 Å². The van der Waals surface area contributed by atoms with E-state index in [1.807, 2.05) is 27.9 Å². The molecule has 2 aromatic rings. The van der Waals surface area contributed by atoms with Crippen molar-refractivity contribution in [1.29, 1.82) is 0 Å². The molecule has 0 spiro atoms. The van der Waals surface area contributed by atoms with E-state index in [4.69, 9.17) is 0 Å². The summed E-state index contributed by atoms with van der Waals surface area (Å²) in [4.78, 5) is 21.6. The summed E-state index contributed by atoms with van der Waals surface area (Å²) in [7, 11) is 1.72. The highest BCUT2D eigenvalue weighted by molar-refractivity contribution is 7.89. The normalized spacial score (nSPS) is 15.2. The molecule has 1 aliphatic rings. The lowest BCUT2D eigenvalue weighted by molar-refractivity contribution is 0.563. The number of nitrogens with zero attached hydrogens (tertiary/aromatic N) is 7. The van der Waals surface area contributed by atoms with Crippen molar-refractivity contribution in [2.24, 2.45) is 7.05 Å². The molecule has 0 atom stereocenters. The van der Waals surface area contributed by atoms with Crippen molar-refractivity contribution in [3.05, 3.63) is 17.8 Å². The molecule has 0 aliphatic carbocycles. The number of imidazole rings is 1. The zero-order valence-corrected chi connectivity index (χ0v) is 18.6. The molecule has 0 bridgehead atoms. The fraction of sp³-hybridized carbons (Fsp3) is 0.667. The maximum absolute atomic E-state index is 12.7. The topological polar surface area (TPSA) is 109 Å². The number of hydrogen-bond donors (Lipinski definition) is 1. The fourth-order valence-electron chi connectivity index (χ4n) is 3.26. The van der Waals surface area contributed by atoms with Gasteiger partial charge in [0.2, 0.25) is 11.9 Å². The lowest BCUT2D eigenvalue weighted by Gasteiger charge is -2.27. The highest BCUT2D eigenvalue weighted by Crippen LogP contribution is 2.19. The van der Waals surface area contributed by atoms with Crippen LogP contribution in [0.1, 0.15) is 50.7 Å². The smallest absolute Gasteiger partial charge is 0.260 e. The first kappa shape index (κ1) is 21.4. The van der Waals surface area contributed by atoms with E-state index in [0.717, 1.165) is 25.9 Å². The summed E-state index contributed by atoms with van der Waals surface area (Å²) < 4.78 is 29.8. The first-order chi connectivity index (χ1) is 13.7. The highest BCUT2D eigenvalue weighted by atomic mass is 32.2. The summed E-state index contributed by atoms with van der Waals surface area (Å²) in [5, 5.41) is 0.00171. The van der Waals surface area contributed by atoms with Crippen LogP contribution in [0.5, 0.6) is 0 Å². The summed E-state index contributed by atoms with van der Waals surface area (Å²) in [6, 6.07) is 0. The minimum absolute atomic E-state index is 0.00171. The number of hydrogen-bond acceptors (Lipinski definition) is 8. The average Bonchev–Trinajstić information content (AvgIpc) is 3.10. The highest BCUT2D eigenvalue weighted by Gasteiger charge is 2.22. The number of piperidine rings is 1. The maximum Gasteiger partial charge on any atom is 0.260 e. The molecule has 1 fully saturated rings. The molecule has 1 saturated heterocycles. The van der Waals surface area contributed by atoms with Crippen LogP contribution in [0, 0.1) is 0 Å². The minimum atomic E-state index is -3.77. The average molecular weight is 423 g/mol. The van der Waals surface area contributed by atoms with Crippen molar-refractivity contribution in [3.8, 4) is 0 Å². The lowest BCUT2D eigenvalue weighted by atomic mass is 10.1. The Morgan fingerprint density at radius 1 is 1.10 bits per heavy atom. The van der Waals surface area contributed by atoms with Gasteiger partial charge in [-0.1, -0.05) is 13.8 Å². The number of nitrogens with one attached hydrogen (secondary N) is 1. The Hall–Kier alpha value is -2.27. The molecule has 11 heteroatoms. The summed E-state index contributed by atoms with van der Waals surface area (Å²) >= 11 is 0. The third-order valence-electron chi connectivity index (χ3n) is 4.80. The van der Waals surface area contributed by atoms with Gasteiger partial charge in [0.25, 0.3) is 10.0 Å².